The van der Waals surface area contributed by atoms with Gasteiger partial charge in [0.1, 0.15) is 29.8 Å². The lowest BCUT2D eigenvalue weighted by molar-refractivity contribution is 0.299. The van der Waals surface area contributed by atoms with E-state index in [9.17, 15) is 13.2 Å². The van der Waals surface area contributed by atoms with Crippen molar-refractivity contribution in [2.75, 3.05) is 0 Å². The molecule has 2 N–H and O–H groups in total. The molecule has 0 spiro atoms. The van der Waals surface area contributed by atoms with Gasteiger partial charge in [0.2, 0.25) is 0 Å². The molecule has 0 bridgehead atoms. The quantitative estimate of drug-likeness (QED) is 0.832. The number of rotatable bonds is 4. The van der Waals surface area contributed by atoms with E-state index in [1.165, 1.54) is 12.1 Å². The molecule has 104 valence electrons. The third-order valence-corrected chi connectivity index (χ3v) is 2.65. The van der Waals surface area contributed by atoms with Crippen LogP contribution >= 0.6 is 0 Å². The van der Waals surface area contributed by atoms with Gasteiger partial charge in [-0.1, -0.05) is 0 Å². The molecular formula is C13H10BF3O3. The zero-order valence-corrected chi connectivity index (χ0v) is 10.2. The summed E-state index contributed by atoms with van der Waals surface area (Å²) in [6.07, 6.45) is 0. The van der Waals surface area contributed by atoms with Gasteiger partial charge in [-0.3, -0.25) is 0 Å². The van der Waals surface area contributed by atoms with Crippen LogP contribution in [0, 0.1) is 17.5 Å². The fraction of sp³-hybridized carbons (Fsp3) is 0.0769. The minimum absolute atomic E-state index is 0.00475. The molecule has 0 fully saturated rings. The molecule has 0 amide bonds. The Balaban J connectivity index is 2.18. The molecule has 2 aromatic carbocycles. The van der Waals surface area contributed by atoms with E-state index in [4.69, 9.17) is 14.8 Å². The summed E-state index contributed by atoms with van der Waals surface area (Å²) in [7, 11) is -1.92. The van der Waals surface area contributed by atoms with Crippen LogP contribution in [0.15, 0.2) is 36.4 Å². The average molecular weight is 282 g/mol. The zero-order valence-electron chi connectivity index (χ0n) is 10.2. The van der Waals surface area contributed by atoms with E-state index in [0.29, 0.717) is 6.07 Å². The molecule has 0 saturated heterocycles. The van der Waals surface area contributed by atoms with E-state index in [1.54, 1.807) is 0 Å². The summed E-state index contributed by atoms with van der Waals surface area (Å²) in [6, 6.07) is 6.18. The minimum atomic E-state index is -1.92. The van der Waals surface area contributed by atoms with Crippen LogP contribution in [0.2, 0.25) is 0 Å². The van der Waals surface area contributed by atoms with Crippen LogP contribution in [0.25, 0.3) is 0 Å². The largest absolute Gasteiger partial charge is 0.492 e. The van der Waals surface area contributed by atoms with E-state index in [-0.39, 0.29) is 23.4 Å². The Bertz CT molecular complexity index is 620. The Kier molecular flexibility index (Phi) is 4.31. The molecule has 20 heavy (non-hydrogen) atoms. The van der Waals surface area contributed by atoms with Gasteiger partial charge in [-0.2, -0.15) is 0 Å². The second-order valence-electron chi connectivity index (χ2n) is 4.08. The number of hydrogen-bond donors (Lipinski definition) is 2. The highest BCUT2D eigenvalue weighted by molar-refractivity contribution is 6.59. The summed E-state index contributed by atoms with van der Waals surface area (Å²) in [5, 5.41) is 18.2. The topological polar surface area (TPSA) is 49.7 Å². The lowest BCUT2D eigenvalue weighted by Gasteiger charge is -2.11. The first-order valence-corrected chi connectivity index (χ1v) is 5.69. The van der Waals surface area contributed by atoms with Crippen LogP contribution in [0.4, 0.5) is 13.2 Å². The van der Waals surface area contributed by atoms with Crippen LogP contribution in [0.5, 0.6) is 5.75 Å². The molecule has 0 heterocycles. The van der Waals surface area contributed by atoms with Crippen molar-refractivity contribution in [3.63, 3.8) is 0 Å². The molecule has 0 radical (unpaired) electrons. The molecular weight excluding hydrogens is 272 g/mol. The predicted molar refractivity (Wildman–Crippen MR) is 66.9 cm³/mol. The summed E-state index contributed by atoms with van der Waals surface area (Å²) in [5.41, 5.74) is -0.0818. The van der Waals surface area contributed by atoms with Crippen molar-refractivity contribution in [2.24, 2.45) is 0 Å². The van der Waals surface area contributed by atoms with Gasteiger partial charge in [0.05, 0.1) is 0 Å². The maximum absolute atomic E-state index is 13.4. The monoisotopic (exact) mass is 282 g/mol. The van der Waals surface area contributed by atoms with Crippen LogP contribution in [0.1, 0.15) is 5.56 Å². The molecule has 0 aliphatic rings. The average Bonchev–Trinajstić information content (AvgIpc) is 2.38. The molecule has 0 aromatic heterocycles. The maximum Gasteiger partial charge on any atom is 0.492 e. The van der Waals surface area contributed by atoms with Gasteiger partial charge >= 0.3 is 7.12 Å². The highest BCUT2D eigenvalue weighted by atomic mass is 19.1. The smallest absolute Gasteiger partial charge is 0.489 e. The van der Waals surface area contributed by atoms with Crippen molar-refractivity contribution < 1.29 is 28.0 Å². The van der Waals surface area contributed by atoms with Gasteiger partial charge in [0, 0.05) is 17.1 Å². The van der Waals surface area contributed by atoms with E-state index < -0.39 is 24.6 Å². The fourth-order valence-corrected chi connectivity index (χ4v) is 1.65. The summed E-state index contributed by atoms with van der Waals surface area (Å²) >= 11 is 0. The normalized spacial score (nSPS) is 10.4. The SMILES string of the molecule is OB(O)c1cc(F)ccc1OCc1ccc(F)cc1F. The molecule has 0 atom stereocenters. The third kappa shape index (κ3) is 3.31. The molecule has 2 rings (SSSR count). The fourth-order valence-electron chi connectivity index (χ4n) is 1.65. The predicted octanol–water partition coefficient (Wildman–Crippen LogP) is 1.36. The maximum atomic E-state index is 13.4. The van der Waals surface area contributed by atoms with Crippen molar-refractivity contribution in [2.45, 2.75) is 6.61 Å². The second kappa shape index (κ2) is 5.98. The lowest BCUT2D eigenvalue weighted by Crippen LogP contribution is -2.31. The molecule has 2 aromatic rings. The van der Waals surface area contributed by atoms with Crippen LogP contribution in [0.3, 0.4) is 0 Å². The molecule has 0 aliphatic heterocycles. The highest BCUT2D eigenvalue weighted by Crippen LogP contribution is 2.15. The van der Waals surface area contributed by atoms with Crippen molar-refractivity contribution in [3.05, 3.63) is 59.4 Å². The zero-order chi connectivity index (χ0) is 14.7. The van der Waals surface area contributed by atoms with Crippen molar-refractivity contribution >= 4 is 12.6 Å². The van der Waals surface area contributed by atoms with Gasteiger partial charge in [-0.15, -0.1) is 0 Å². The number of hydrogen-bond acceptors (Lipinski definition) is 3. The molecule has 0 unspecified atom stereocenters. The lowest BCUT2D eigenvalue weighted by atomic mass is 9.79. The van der Waals surface area contributed by atoms with E-state index in [2.05, 4.69) is 0 Å². The van der Waals surface area contributed by atoms with Crippen molar-refractivity contribution in [3.8, 4) is 5.75 Å². The van der Waals surface area contributed by atoms with Gasteiger partial charge in [-0.25, -0.2) is 13.2 Å². The molecule has 0 aliphatic carbocycles. The van der Waals surface area contributed by atoms with Gasteiger partial charge < -0.3 is 14.8 Å². The van der Waals surface area contributed by atoms with Gasteiger partial charge in [-0.05, 0) is 30.3 Å². The Morgan fingerprint density at radius 2 is 1.60 bits per heavy atom. The summed E-state index contributed by atoms with van der Waals surface area (Å²) < 4.78 is 44.3. The van der Waals surface area contributed by atoms with E-state index in [0.717, 1.165) is 18.2 Å². The first-order valence-electron chi connectivity index (χ1n) is 5.69. The standard InChI is InChI=1S/C13H10BF3O3/c15-9-3-4-13(11(5-9)14(18)19)20-7-8-1-2-10(16)6-12(8)17/h1-6,18-19H,7H2. The van der Waals surface area contributed by atoms with Gasteiger partial charge in [0.15, 0.2) is 0 Å². The van der Waals surface area contributed by atoms with Crippen LogP contribution in [-0.2, 0) is 6.61 Å². The first-order chi connectivity index (χ1) is 9.47. The van der Waals surface area contributed by atoms with E-state index >= 15 is 0 Å². The number of halogens is 3. The summed E-state index contributed by atoms with van der Waals surface area (Å²) in [4.78, 5) is 0. The minimum Gasteiger partial charge on any atom is -0.489 e. The van der Waals surface area contributed by atoms with Gasteiger partial charge in [0.25, 0.3) is 0 Å². The van der Waals surface area contributed by atoms with Crippen molar-refractivity contribution in [1.29, 1.82) is 0 Å². The summed E-state index contributed by atoms with van der Waals surface area (Å²) in [6.45, 7) is -0.253. The first kappa shape index (κ1) is 14.4. The summed E-state index contributed by atoms with van der Waals surface area (Å²) in [5.74, 6) is -2.14. The Labute approximate surface area is 113 Å². The molecule has 7 heteroatoms. The number of ether oxygens (including phenoxy) is 1. The van der Waals surface area contributed by atoms with Crippen molar-refractivity contribution in [1.82, 2.24) is 0 Å². The van der Waals surface area contributed by atoms with Crippen LogP contribution < -0.4 is 10.2 Å². The number of benzene rings is 2. The Morgan fingerprint density at radius 1 is 0.950 bits per heavy atom. The molecule has 0 saturated carbocycles. The highest BCUT2D eigenvalue weighted by Gasteiger charge is 2.18. The second-order valence-corrected chi connectivity index (χ2v) is 4.08. The van der Waals surface area contributed by atoms with E-state index in [1.807, 2.05) is 0 Å². The third-order valence-electron chi connectivity index (χ3n) is 2.65. The molecule has 3 nitrogen and oxygen atoms in total. The Hall–Kier alpha value is -1.99. The van der Waals surface area contributed by atoms with Crippen LogP contribution in [-0.4, -0.2) is 17.2 Å². The Morgan fingerprint density at radius 3 is 2.25 bits per heavy atom.